The van der Waals surface area contributed by atoms with Crippen LogP contribution in [0.4, 0.5) is 11.5 Å². The number of carbonyl (C=O) groups excluding carboxylic acids is 1. The van der Waals surface area contributed by atoms with Crippen LogP contribution in [0, 0.1) is 17.8 Å². The third kappa shape index (κ3) is 3.14. The molecule has 1 aromatic heterocycles. The van der Waals surface area contributed by atoms with Crippen molar-refractivity contribution in [1.29, 1.82) is 0 Å². The summed E-state index contributed by atoms with van der Waals surface area (Å²) in [4.78, 5) is 19.4. The average molecular weight is 328 g/mol. The van der Waals surface area contributed by atoms with E-state index in [2.05, 4.69) is 21.3 Å². The number of hydrogen-bond donors (Lipinski definition) is 2. The zero-order valence-electron chi connectivity index (χ0n) is 14.3. The number of amides is 1. The van der Waals surface area contributed by atoms with Crippen LogP contribution in [-0.4, -0.2) is 30.0 Å². The first-order chi connectivity index (χ1) is 11.7. The zero-order chi connectivity index (χ0) is 16.5. The molecular formula is C19H28N4O. The Kier molecular flexibility index (Phi) is 4.44. The molecule has 3 N–H and O–H groups in total. The van der Waals surface area contributed by atoms with Crippen molar-refractivity contribution in [2.75, 3.05) is 23.3 Å². The number of fused-ring (bicyclic) bond motifs is 2. The molecule has 1 aliphatic heterocycles. The van der Waals surface area contributed by atoms with Gasteiger partial charge in [-0.15, -0.1) is 0 Å². The van der Waals surface area contributed by atoms with Gasteiger partial charge < -0.3 is 16.0 Å². The van der Waals surface area contributed by atoms with Crippen LogP contribution in [-0.2, 0) is 4.79 Å². The quantitative estimate of drug-likeness (QED) is 0.895. The predicted molar refractivity (Wildman–Crippen MR) is 95.8 cm³/mol. The first-order valence-corrected chi connectivity index (χ1v) is 9.48. The average Bonchev–Trinajstić information content (AvgIpc) is 3.09. The van der Waals surface area contributed by atoms with Crippen molar-refractivity contribution < 1.29 is 4.79 Å². The van der Waals surface area contributed by atoms with Crippen LogP contribution in [0.2, 0.25) is 0 Å². The van der Waals surface area contributed by atoms with E-state index in [0.717, 1.165) is 31.6 Å². The van der Waals surface area contributed by atoms with Gasteiger partial charge in [0.25, 0.3) is 0 Å². The van der Waals surface area contributed by atoms with Gasteiger partial charge >= 0.3 is 0 Å². The van der Waals surface area contributed by atoms with Crippen molar-refractivity contribution >= 4 is 17.4 Å². The van der Waals surface area contributed by atoms with E-state index < -0.39 is 0 Å². The fourth-order valence-corrected chi connectivity index (χ4v) is 4.85. The number of pyridine rings is 1. The highest BCUT2D eigenvalue weighted by Crippen LogP contribution is 2.42. The van der Waals surface area contributed by atoms with E-state index in [1.54, 1.807) is 0 Å². The molecule has 1 saturated heterocycles. The molecule has 5 heteroatoms. The molecule has 0 aromatic carbocycles. The first kappa shape index (κ1) is 15.9. The normalized spacial score (nSPS) is 32.6. The lowest BCUT2D eigenvalue weighted by atomic mass is 9.65. The third-order valence-corrected chi connectivity index (χ3v) is 6.25. The largest absolute Gasteiger partial charge is 0.370 e. The van der Waals surface area contributed by atoms with Gasteiger partial charge in [-0.25, -0.2) is 4.98 Å². The van der Waals surface area contributed by atoms with Crippen LogP contribution in [0.1, 0.15) is 44.9 Å². The van der Waals surface area contributed by atoms with Crippen LogP contribution < -0.4 is 16.0 Å². The number of rotatable bonds is 3. The van der Waals surface area contributed by atoms with E-state index in [-0.39, 0.29) is 11.8 Å². The lowest BCUT2D eigenvalue weighted by Gasteiger charge is -2.43. The van der Waals surface area contributed by atoms with Gasteiger partial charge in [0.15, 0.2) is 0 Å². The number of nitrogens with two attached hydrogens (primary N) is 1. The summed E-state index contributed by atoms with van der Waals surface area (Å²) in [6.45, 7) is 2.22. The Morgan fingerprint density at radius 2 is 1.83 bits per heavy atom. The lowest BCUT2D eigenvalue weighted by Crippen LogP contribution is -2.48. The molecule has 3 aliphatic rings. The number of hydrogen-bond acceptors (Lipinski definition) is 4. The Morgan fingerprint density at radius 1 is 1.12 bits per heavy atom. The minimum absolute atomic E-state index is 0.0974. The molecule has 2 heterocycles. The van der Waals surface area contributed by atoms with Gasteiger partial charge in [0.1, 0.15) is 5.82 Å². The van der Waals surface area contributed by atoms with E-state index in [0.29, 0.717) is 23.7 Å². The SMILES string of the molecule is NC1C2CCCC1CC(C(=O)Nc1ccc(N3CCCC3)cn1)C2. The van der Waals surface area contributed by atoms with Gasteiger partial charge in [-0.3, -0.25) is 4.79 Å². The molecule has 0 spiro atoms. The van der Waals surface area contributed by atoms with Gasteiger partial charge in [-0.1, -0.05) is 6.42 Å². The second-order valence-corrected chi connectivity index (χ2v) is 7.78. The standard InChI is InChI=1S/C19H28N4O/c20-18-13-4-3-5-14(18)11-15(10-13)19(24)22-17-7-6-16(12-21-17)23-8-1-2-9-23/h6-7,12-15,18H,1-5,8-11,20H2,(H,21,22,24). The Bertz CT molecular complexity index is 568. The smallest absolute Gasteiger partial charge is 0.228 e. The summed E-state index contributed by atoms with van der Waals surface area (Å²) in [6, 6.07) is 4.31. The number of anilines is 2. The van der Waals surface area contributed by atoms with Crippen LogP contribution in [0.15, 0.2) is 18.3 Å². The van der Waals surface area contributed by atoms with Crippen molar-refractivity contribution in [3.05, 3.63) is 18.3 Å². The summed E-state index contributed by atoms with van der Waals surface area (Å²) in [5.41, 5.74) is 7.48. The third-order valence-electron chi connectivity index (χ3n) is 6.25. The molecule has 5 nitrogen and oxygen atoms in total. The molecule has 130 valence electrons. The van der Waals surface area contributed by atoms with E-state index in [1.807, 2.05) is 12.3 Å². The summed E-state index contributed by atoms with van der Waals surface area (Å²) in [5.74, 6) is 1.95. The minimum atomic E-state index is 0.0974. The monoisotopic (exact) mass is 328 g/mol. The molecule has 24 heavy (non-hydrogen) atoms. The summed E-state index contributed by atoms with van der Waals surface area (Å²) >= 11 is 0. The number of aromatic nitrogens is 1. The zero-order valence-corrected chi connectivity index (χ0v) is 14.3. The van der Waals surface area contributed by atoms with Crippen LogP contribution in [0.5, 0.6) is 0 Å². The minimum Gasteiger partial charge on any atom is -0.370 e. The first-order valence-electron chi connectivity index (χ1n) is 9.48. The Labute approximate surface area is 144 Å². The molecule has 2 atom stereocenters. The highest BCUT2D eigenvalue weighted by Gasteiger charge is 2.40. The lowest BCUT2D eigenvalue weighted by molar-refractivity contribution is -0.122. The molecule has 2 aliphatic carbocycles. The van der Waals surface area contributed by atoms with Crippen molar-refractivity contribution in [3.8, 4) is 0 Å². The maximum Gasteiger partial charge on any atom is 0.228 e. The fourth-order valence-electron chi connectivity index (χ4n) is 4.85. The van der Waals surface area contributed by atoms with Crippen LogP contribution in [0.25, 0.3) is 0 Å². The van der Waals surface area contributed by atoms with E-state index >= 15 is 0 Å². The van der Waals surface area contributed by atoms with E-state index in [4.69, 9.17) is 5.73 Å². The van der Waals surface area contributed by atoms with Gasteiger partial charge in [0.2, 0.25) is 5.91 Å². The maximum absolute atomic E-state index is 12.6. The molecule has 2 bridgehead atoms. The fraction of sp³-hybridized carbons (Fsp3) is 0.684. The Hall–Kier alpha value is -1.62. The van der Waals surface area contributed by atoms with Crippen molar-refractivity contribution in [2.24, 2.45) is 23.5 Å². The van der Waals surface area contributed by atoms with Crippen LogP contribution >= 0.6 is 0 Å². The molecule has 3 fully saturated rings. The Morgan fingerprint density at radius 3 is 2.46 bits per heavy atom. The molecular weight excluding hydrogens is 300 g/mol. The van der Waals surface area contributed by atoms with Gasteiger partial charge in [-0.2, -0.15) is 0 Å². The number of nitrogens with zero attached hydrogens (tertiary/aromatic N) is 2. The van der Waals surface area contributed by atoms with Crippen molar-refractivity contribution in [2.45, 2.75) is 51.0 Å². The molecule has 1 aromatic rings. The molecule has 2 unspecified atom stereocenters. The van der Waals surface area contributed by atoms with Crippen molar-refractivity contribution in [3.63, 3.8) is 0 Å². The molecule has 1 amide bonds. The predicted octanol–water partition coefficient (Wildman–Crippen LogP) is 2.77. The van der Waals surface area contributed by atoms with Crippen molar-refractivity contribution in [1.82, 2.24) is 4.98 Å². The summed E-state index contributed by atoms with van der Waals surface area (Å²) in [6.07, 6.45) is 9.91. The van der Waals surface area contributed by atoms with Gasteiger partial charge in [-0.05, 0) is 62.5 Å². The summed E-state index contributed by atoms with van der Waals surface area (Å²) in [5, 5.41) is 3.02. The van der Waals surface area contributed by atoms with Gasteiger partial charge in [0, 0.05) is 25.0 Å². The number of carbonyl (C=O) groups is 1. The second-order valence-electron chi connectivity index (χ2n) is 7.78. The number of nitrogens with one attached hydrogen (secondary N) is 1. The second kappa shape index (κ2) is 6.71. The van der Waals surface area contributed by atoms with Crippen LogP contribution in [0.3, 0.4) is 0 Å². The molecule has 2 saturated carbocycles. The van der Waals surface area contributed by atoms with E-state index in [9.17, 15) is 4.79 Å². The topological polar surface area (TPSA) is 71.2 Å². The molecule has 4 rings (SSSR count). The summed E-state index contributed by atoms with van der Waals surface area (Å²) in [7, 11) is 0. The highest BCUT2D eigenvalue weighted by molar-refractivity contribution is 5.91. The summed E-state index contributed by atoms with van der Waals surface area (Å²) < 4.78 is 0. The highest BCUT2D eigenvalue weighted by atomic mass is 16.1. The van der Waals surface area contributed by atoms with Gasteiger partial charge in [0.05, 0.1) is 11.9 Å². The van der Waals surface area contributed by atoms with E-state index in [1.165, 1.54) is 32.1 Å². The molecule has 0 radical (unpaired) electrons. The Balaban J connectivity index is 1.37. The maximum atomic E-state index is 12.6.